The second-order valence-electron chi connectivity index (χ2n) is 8.48. The van der Waals surface area contributed by atoms with E-state index in [1.54, 1.807) is 6.07 Å². The largest absolute Gasteiger partial charge is 0.481 e. The van der Waals surface area contributed by atoms with Gasteiger partial charge in [-0.15, -0.1) is 0 Å². The van der Waals surface area contributed by atoms with Gasteiger partial charge in [-0.3, -0.25) is 9.59 Å². The quantitative estimate of drug-likeness (QED) is 0.395. The van der Waals surface area contributed by atoms with Crippen LogP contribution in [0.15, 0.2) is 65.1 Å². The molecule has 1 aliphatic rings. The Kier molecular flexibility index (Phi) is 7.50. The van der Waals surface area contributed by atoms with Crippen LogP contribution in [0.2, 0.25) is 0 Å². The molecule has 0 bridgehead atoms. The van der Waals surface area contributed by atoms with Gasteiger partial charge in [0.25, 0.3) is 5.91 Å². The molecule has 35 heavy (non-hydrogen) atoms. The molecule has 0 saturated heterocycles. The van der Waals surface area contributed by atoms with Crippen LogP contribution >= 0.6 is 0 Å². The first-order chi connectivity index (χ1) is 17.0. The van der Waals surface area contributed by atoms with E-state index in [4.69, 9.17) is 9.15 Å². The van der Waals surface area contributed by atoms with Crippen molar-refractivity contribution in [2.24, 2.45) is 5.92 Å². The Labute approximate surface area is 203 Å². The standard InChI is InChI=1S/C27H28N2O6/c1-2-7-17(26(31)32)14-28-25(30)24-13-12-18(35-24)15-29-27(33)34-16-23-21-10-5-3-8-19(21)20-9-4-6-11-22(20)23/h3-6,8-13,17,23H,2,7,14-16H2,1H3,(H,28,30)(H,29,33)(H,31,32). The van der Waals surface area contributed by atoms with Crippen molar-refractivity contribution in [1.29, 1.82) is 0 Å². The Morgan fingerprint density at radius 1 is 0.971 bits per heavy atom. The average molecular weight is 477 g/mol. The first-order valence-electron chi connectivity index (χ1n) is 11.7. The van der Waals surface area contributed by atoms with Crippen molar-refractivity contribution < 1.29 is 28.6 Å². The third kappa shape index (κ3) is 5.54. The van der Waals surface area contributed by atoms with Crippen molar-refractivity contribution in [3.63, 3.8) is 0 Å². The lowest BCUT2D eigenvalue weighted by molar-refractivity contribution is -0.141. The van der Waals surface area contributed by atoms with Gasteiger partial charge in [-0.25, -0.2) is 4.79 Å². The maximum absolute atomic E-state index is 12.3. The van der Waals surface area contributed by atoms with E-state index in [0.29, 0.717) is 18.6 Å². The fourth-order valence-electron chi connectivity index (χ4n) is 4.37. The molecule has 8 heteroatoms. The van der Waals surface area contributed by atoms with Crippen LogP contribution < -0.4 is 10.6 Å². The van der Waals surface area contributed by atoms with Gasteiger partial charge in [-0.1, -0.05) is 61.9 Å². The monoisotopic (exact) mass is 476 g/mol. The van der Waals surface area contributed by atoms with E-state index < -0.39 is 23.9 Å². The van der Waals surface area contributed by atoms with Crippen molar-refractivity contribution in [2.75, 3.05) is 13.2 Å². The maximum Gasteiger partial charge on any atom is 0.407 e. The predicted octanol–water partition coefficient (Wildman–Crippen LogP) is 4.55. The number of furan rings is 1. The molecule has 0 aliphatic heterocycles. The molecule has 1 heterocycles. The Bertz CT molecular complexity index is 1170. The van der Waals surface area contributed by atoms with Gasteiger partial charge in [-0.2, -0.15) is 0 Å². The number of carbonyl (C=O) groups is 3. The van der Waals surface area contributed by atoms with Crippen molar-refractivity contribution >= 4 is 18.0 Å². The predicted molar refractivity (Wildman–Crippen MR) is 129 cm³/mol. The molecule has 1 unspecified atom stereocenters. The zero-order valence-corrected chi connectivity index (χ0v) is 19.5. The molecule has 0 spiro atoms. The second-order valence-corrected chi connectivity index (χ2v) is 8.48. The summed E-state index contributed by atoms with van der Waals surface area (Å²) in [6.45, 7) is 2.17. The minimum atomic E-state index is -0.945. The number of nitrogens with one attached hydrogen (secondary N) is 2. The molecule has 0 fully saturated rings. The van der Waals surface area contributed by atoms with Crippen LogP contribution in [0.4, 0.5) is 4.79 Å². The van der Waals surface area contributed by atoms with Gasteiger partial charge in [0.15, 0.2) is 5.76 Å². The van der Waals surface area contributed by atoms with Crippen molar-refractivity contribution in [2.45, 2.75) is 32.2 Å². The molecule has 0 saturated carbocycles. The van der Waals surface area contributed by atoms with Crippen LogP contribution in [-0.4, -0.2) is 36.2 Å². The highest BCUT2D eigenvalue weighted by Crippen LogP contribution is 2.44. The van der Waals surface area contributed by atoms with Gasteiger partial charge in [0.05, 0.1) is 12.5 Å². The lowest BCUT2D eigenvalue weighted by Crippen LogP contribution is -2.32. The van der Waals surface area contributed by atoms with Gasteiger partial charge in [0.2, 0.25) is 0 Å². The summed E-state index contributed by atoms with van der Waals surface area (Å²) < 4.78 is 11.0. The van der Waals surface area contributed by atoms with Crippen LogP contribution in [0.25, 0.3) is 11.1 Å². The number of carbonyl (C=O) groups excluding carboxylic acids is 2. The van der Waals surface area contributed by atoms with Crippen LogP contribution in [0.5, 0.6) is 0 Å². The van der Waals surface area contributed by atoms with E-state index in [1.165, 1.54) is 6.07 Å². The zero-order valence-electron chi connectivity index (χ0n) is 19.5. The summed E-state index contributed by atoms with van der Waals surface area (Å²) in [7, 11) is 0. The number of carboxylic acid groups (broad SMARTS) is 1. The third-order valence-electron chi connectivity index (χ3n) is 6.13. The molecule has 3 aromatic rings. The molecule has 4 rings (SSSR count). The van der Waals surface area contributed by atoms with Gasteiger partial charge >= 0.3 is 12.1 Å². The average Bonchev–Trinajstić information content (AvgIpc) is 3.47. The van der Waals surface area contributed by atoms with E-state index in [9.17, 15) is 19.5 Å². The normalized spacial score (nSPS) is 12.9. The van der Waals surface area contributed by atoms with E-state index in [1.807, 2.05) is 31.2 Å². The molecule has 2 aromatic carbocycles. The molecule has 1 aromatic heterocycles. The number of carboxylic acids is 1. The summed E-state index contributed by atoms with van der Waals surface area (Å²) >= 11 is 0. The number of amides is 2. The summed E-state index contributed by atoms with van der Waals surface area (Å²) in [5.41, 5.74) is 4.57. The first kappa shape index (κ1) is 24.1. The number of rotatable bonds is 10. The number of ether oxygens (including phenoxy) is 1. The van der Waals surface area contributed by atoms with Crippen molar-refractivity contribution in [3.8, 4) is 11.1 Å². The van der Waals surface area contributed by atoms with Gasteiger partial charge in [-0.05, 0) is 40.8 Å². The first-order valence-corrected chi connectivity index (χ1v) is 11.7. The number of benzene rings is 2. The minimum Gasteiger partial charge on any atom is -0.481 e. The van der Waals surface area contributed by atoms with Crippen LogP contribution in [0.3, 0.4) is 0 Å². The number of alkyl carbamates (subject to hydrolysis) is 1. The Hall–Kier alpha value is -4.07. The zero-order chi connectivity index (χ0) is 24.8. The highest BCUT2D eigenvalue weighted by molar-refractivity contribution is 5.91. The van der Waals surface area contributed by atoms with Crippen LogP contribution in [0.1, 0.15) is 53.1 Å². The summed E-state index contributed by atoms with van der Waals surface area (Å²) in [6, 6.07) is 19.3. The Morgan fingerprint density at radius 3 is 2.26 bits per heavy atom. The molecule has 3 N–H and O–H groups in total. The molecule has 1 atom stereocenters. The summed E-state index contributed by atoms with van der Waals surface area (Å²) in [4.78, 5) is 35.8. The second kappa shape index (κ2) is 10.9. The van der Waals surface area contributed by atoms with Crippen molar-refractivity contribution in [1.82, 2.24) is 10.6 Å². The number of fused-ring (bicyclic) bond motifs is 3. The smallest absolute Gasteiger partial charge is 0.407 e. The number of hydrogen-bond acceptors (Lipinski definition) is 5. The molecule has 182 valence electrons. The van der Waals surface area contributed by atoms with Crippen LogP contribution in [-0.2, 0) is 16.1 Å². The molecular formula is C27H28N2O6. The SMILES string of the molecule is CCCC(CNC(=O)c1ccc(CNC(=O)OCC2c3ccccc3-c3ccccc32)o1)C(=O)O. The van der Waals surface area contributed by atoms with E-state index in [2.05, 4.69) is 34.9 Å². The fraction of sp³-hybridized carbons (Fsp3) is 0.296. The highest BCUT2D eigenvalue weighted by Gasteiger charge is 2.29. The Balaban J connectivity index is 1.27. The molecular weight excluding hydrogens is 448 g/mol. The van der Waals surface area contributed by atoms with Gasteiger partial charge < -0.3 is 24.9 Å². The molecule has 0 radical (unpaired) electrons. The summed E-state index contributed by atoms with van der Waals surface area (Å²) in [6.07, 6.45) is 0.598. The minimum absolute atomic E-state index is 0.0238. The topological polar surface area (TPSA) is 118 Å². The van der Waals surface area contributed by atoms with E-state index in [-0.39, 0.29) is 31.4 Å². The fourth-order valence-corrected chi connectivity index (χ4v) is 4.37. The summed E-state index contributed by atoms with van der Waals surface area (Å²) in [5.74, 6) is -1.69. The van der Waals surface area contributed by atoms with Crippen molar-refractivity contribution in [3.05, 3.63) is 83.3 Å². The van der Waals surface area contributed by atoms with Gasteiger partial charge in [0.1, 0.15) is 12.4 Å². The number of aliphatic carboxylic acids is 1. The lowest BCUT2D eigenvalue weighted by atomic mass is 9.98. The Morgan fingerprint density at radius 2 is 1.63 bits per heavy atom. The maximum atomic E-state index is 12.3. The highest BCUT2D eigenvalue weighted by atomic mass is 16.5. The number of hydrogen-bond donors (Lipinski definition) is 3. The summed E-state index contributed by atoms with van der Waals surface area (Å²) in [5, 5.41) is 14.4. The van der Waals surface area contributed by atoms with E-state index in [0.717, 1.165) is 22.3 Å². The molecule has 2 amide bonds. The van der Waals surface area contributed by atoms with E-state index >= 15 is 0 Å². The van der Waals surface area contributed by atoms with Gasteiger partial charge in [0, 0.05) is 12.5 Å². The molecule has 1 aliphatic carbocycles. The third-order valence-corrected chi connectivity index (χ3v) is 6.13. The lowest BCUT2D eigenvalue weighted by Gasteiger charge is -2.14. The molecule has 8 nitrogen and oxygen atoms in total. The van der Waals surface area contributed by atoms with Crippen LogP contribution in [0, 0.1) is 5.92 Å².